The molecule has 2 unspecified atom stereocenters. The lowest BCUT2D eigenvalue weighted by molar-refractivity contribution is 0.0600. The second-order valence-electron chi connectivity index (χ2n) is 8.45. The summed E-state index contributed by atoms with van der Waals surface area (Å²) in [6.07, 6.45) is 4.15. The van der Waals surface area contributed by atoms with Gasteiger partial charge in [-0.2, -0.15) is 0 Å². The summed E-state index contributed by atoms with van der Waals surface area (Å²) < 4.78 is 15.6. The van der Waals surface area contributed by atoms with Crippen molar-refractivity contribution in [3.05, 3.63) is 59.2 Å². The summed E-state index contributed by atoms with van der Waals surface area (Å²) in [5.41, 5.74) is 2.14. The summed E-state index contributed by atoms with van der Waals surface area (Å²) in [4.78, 5) is 26.9. The first-order chi connectivity index (χ1) is 15.5. The normalized spacial score (nSPS) is 22.3. The van der Waals surface area contributed by atoms with Gasteiger partial charge in [0.1, 0.15) is 11.5 Å². The van der Waals surface area contributed by atoms with Gasteiger partial charge in [0.15, 0.2) is 0 Å². The molecule has 0 radical (unpaired) electrons. The number of hydrogen-bond donors (Lipinski definition) is 1. The molecular formula is C25H30N2O5. The van der Waals surface area contributed by atoms with Gasteiger partial charge in [-0.1, -0.05) is 6.07 Å². The number of carbonyl (C=O) groups is 2. The van der Waals surface area contributed by atoms with Gasteiger partial charge in [-0.25, -0.2) is 4.79 Å². The zero-order chi connectivity index (χ0) is 22.7. The fourth-order valence-electron chi connectivity index (χ4n) is 4.97. The quantitative estimate of drug-likeness (QED) is 0.668. The van der Waals surface area contributed by atoms with Crippen molar-refractivity contribution in [3.8, 4) is 11.5 Å². The van der Waals surface area contributed by atoms with Crippen molar-refractivity contribution >= 4 is 11.9 Å². The van der Waals surface area contributed by atoms with Crippen LogP contribution in [0.1, 0.15) is 52.0 Å². The van der Waals surface area contributed by atoms with E-state index in [2.05, 4.69) is 16.3 Å². The van der Waals surface area contributed by atoms with Crippen molar-refractivity contribution in [1.82, 2.24) is 10.2 Å². The minimum Gasteiger partial charge on any atom is -0.497 e. The molecule has 2 aromatic carbocycles. The number of methoxy groups -OCH3 is 3. The number of fused-ring (bicyclic) bond motifs is 2. The average Bonchev–Trinajstić information content (AvgIpc) is 3.05. The summed E-state index contributed by atoms with van der Waals surface area (Å²) in [6.45, 7) is 0.832. The van der Waals surface area contributed by atoms with Crippen LogP contribution in [0.3, 0.4) is 0 Å². The molecule has 2 aliphatic heterocycles. The number of rotatable bonds is 7. The lowest BCUT2D eigenvalue weighted by Gasteiger charge is -2.39. The van der Waals surface area contributed by atoms with E-state index < -0.39 is 5.97 Å². The molecule has 0 aromatic heterocycles. The molecule has 32 heavy (non-hydrogen) atoms. The molecule has 0 spiro atoms. The fourth-order valence-corrected chi connectivity index (χ4v) is 4.97. The molecule has 7 heteroatoms. The van der Waals surface area contributed by atoms with E-state index in [1.54, 1.807) is 38.5 Å². The molecule has 2 bridgehead atoms. The second-order valence-corrected chi connectivity index (χ2v) is 8.45. The maximum atomic E-state index is 12.7. The molecule has 1 N–H and O–H groups in total. The Morgan fingerprint density at radius 1 is 0.938 bits per heavy atom. The lowest BCUT2D eigenvalue weighted by Crippen LogP contribution is -2.50. The predicted octanol–water partition coefficient (Wildman–Crippen LogP) is 3.42. The Morgan fingerprint density at radius 2 is 1.59 bits per heavy atom. The molecule has 7 nitrogen and oxygen atoms in total. The van der Waals surface area contributed by atoms with Crippen molar-refractivity contribution < 1.29 is 23.8 Å². The third-order valence-electron chi connectivity index (χ3n) is 6.63. The molecular weight excluding hydrogens is 408 g/mol. The van der Waals surface area contributed by atoms with E-state index in [1.807, 2.05) is 12.1 Å². The highest BCUT2D eigenvalue weighted by molar-refractivity contribution is 5.96. The van der Waals surface area contributed by atoms with E-state index in [9.17, 15) is 9.59 Å². The van der Waals surface area contributed by atoms with Crippen LogP contribution in [0.4, 0.5) is 0 Å². The van der Waals surface area contributed by atoms with Gasteiger partial charge >= 0.3 is 5.97 Å². The molecule has 4 rings (SSSR count). The van der Waals surface area contributed by atoms with Gasteiger partial charge in [0.25, 0.3) is 5.91 Å². The lowest BCUT2D eigenvalue weighted by atomic mass is 9.96. The Labute approximate surface area is 188 Å². The number of esters is 1. The molecule has 170 valence electrons. The van der Waals surface area contributed by atoms with Crippen LogP contribution in [0.25, 0.3) is 0 Å². The number of carbonyl (C=O) groups excluding carboxylic acids is 2. The van der Waals surface area contributed by atoms with Gasteiger partial charge in [0.2, 0.25) is 0 Å². The van der Waals surface area contributed by atoms with E-state index in [1.165, 1.54) is 7.11 Å². The number of ether oxygens (including phenoxy) is 3. The maximum Gasteiger partial charge on any atom is 0.337 e. The first-order valence-corrected chi connectivity index (χ1v) is 11.0. The van der Waals surface area contributed by atoms with E-state index >= 15 is 0 Å². The first-order valence-electron chi connectivity index (χ1n) is 11.0. The summed E-state index contributed by atoms with van der Waals surface area (Å²) in [6, 6.07) is 13.6. The summed E-state index contributed by atoms with van der Waals surface area (Å²) in [5.74, 6) is 1.12. The van der Waals surface area contributed by atoms with Crippen molar-refractivity contribution in [2.24, 2.45) is 0 Å². The summed E-state index contributed by atoms with van der Waals surface area (Å²) in [5, 5.41) is 3.20. The highest BCUT2D eigenvalue weighted by atomic mass is 16.5. The van der Waals surface area contributed by atoms with Crippen LogP contribution in [-0.2, 0) is 11.3 Å². The highest BCUT2D eigenvalue weighted by Crippen LogP contribution is 2.38. The van der Waals surface area contributed by atoms with Crippen LogP contribution in [0, 0.1) is 0 Å². The van der Waals surface area contributed by atoms with E-state index in [0.717, 1.165) is 49.3 Å². The van der Waals surface area contributed by atoms with Gasteiger partial charge in [-0.05, 0) is 56.0 Å². The fraction of sp³-hybridized carbons (Fsp3) is 0.440. The highest BCUT2D eigenvalue weighted by Gasteiger charge is 2.41. The summed E-state index contributed by atoms with van der Waals surface area (Å²) >= 11 is 0. The maximum absolute atomic E-state index is 12.7. The van der Waals surface area contributed by atoms with Crippen molar-refractivity contribution in [2.45, 2.75) is 50.4 Å². The number of benzene rings is 2. The molecule has 2 fully saturated rings. The zero-order valence-electron chi connectivity index (χ0n) is 18.8. The Balaban J connectivity index is 1.38. The number of hydrogen-bond acceptors (Lipinski definition) is 6. The SMILES string of the molecule is COC(=O)c1ccc(C(=O)NC2CC3CCC(C2)N3Cc2ccc(OC)cc2OC)cc1. The molecule has 1 amide bonds. The molecule has 2 atom stereocenters. The Kier molecular flexibility index (Phi) is 6.65. The third kappa shape index (κ3) is 4.58. The Hall–Kier alpha value is -3.06. The summed E-state index contributed by atoms with van der Waals surface area (Å²) in [7, 11) is 4.68. The van der Waals surface area contributed by atoms with E-state index in [4.69, 9.17) is 14.2 Å². The molecule has 2 saturated heterocycles. The smallest absolute Gasteiger partial charge is 0.337 e. The largest absolute Gasteiger partial charge is 0.497 e. The monoisotopic (exact) mass is 438 g/mol. The number of piperidine rings is 1. The molecule has 0 saturated carbocycles. The second kappa shape index (κ2) is 9.61. The first kappa shape index (κ1) is 22.1. The third-order valence-corrected chi connectivity index (χ3v) is 6.63. The van der Waals surface area contributed by atoms with Crippen LogP contribution in [0.5, 0.6) is 11.5 Å². The number of nitrogens with one attached hydrogen (secondary N) is 1. The van der Waals surface area contributed by atoms with Crippen LogP contribution in [0.15, 0.2) is 42.5 Å². The number of nitrogens with zero attached hydrogens (tertiary/aromatic N) is 1. The van der Waals surface area contributed by atoms with Gasteiger partial charge in [-0.3, -0.25) is 9.69 Å². The van der Waals surface area contributed by atoms with Gasteiger partial charge in [0.05, 0.1) is 26.9 Å². The Bertz CT molecular complexity index is 961. The average molecular weight is 439 g/mol. The van der Waals surface area contributed by atoms with Crippen LogP contribution >= 0.6 is 0 Å². The minimum atomic E-state index is -0.408. The minimum absolute atomic E-state index is 0.101. The topological polar surface area (TPSA) is 77.1 Å². The van der Waals surface area contributed by atoms with Crippen LogP contribution < -0.4 is 14.8 Å². The van der Waals surface area contributed by atoms with Crippen LogP contribution in [0.2, 0.25) is 0 Å². The van der Waals surface area contributed by atoms with Crippen molar-refractivity contribution in [2.75, 3.05) is 21.3 Å². The molecule has 2 aromatic rings. The Morgan fingerprint density at radius 3 is 2.19 bits per heavy atom. The van der Waals surface area contributed by atoms with Gasteiger partial charge < -0.3 is 19.5 Å². The number of amides is 1. The van der Waals surface area contributed by atoms with Crippen molar-refractivity contribution in [1.29, 1.82) is 0 Å². The molecule has 2 aliphatic rings. The van der Waals surface area contributed by atoms with E-state index in [0.29, 0.717) is 23.2 Å². The molecule has 2 heterocycles. The van der Waals surface area contributed by atoms with Gasteiger partial charge in [-0.15, -0.1) is 0 Å². The van der Waals surface area contributed by atoms with E-state index in [-0.39, 0.29) is 11.9 Å². The molecule has 0 aliphatic carbocycles. The standard InChI is InChI=1S/C25H30N2O5/c1-30-22-11-8-18(23(14-22)31-2)15-27-20-9-10-21(27)13-19(12-20)26-24(28)16-4-6-17(7-5-16)25(29)32-3/h4-8,11,14,19-21H,9-10,12-13,15H2,1-3H3,(H,26,28). The van der Waals surface area contributed by atoms with Gasteiger partial charge in [0, 0.05) is 41.9 Å². The van der Waals surface area contributed by atoms with Crippen molar-refractivity contribution in [3.63, 3.8) is 0 Å². The predicted molar refractivity (Wildman–Crippen MR) is 120 cm³/mol. The van der Waals surface area contributed by atoms with Crippen LogP contribution in [-0.4, -0.2) is 56.2 Å². The zero-order valence-corrected chi connectivity index (χ0v) is 18.8.